The summed E-state index contributed by atoms with van der Waals surface area (Å²) in [6.07, 6.45) is 0.367. The Labute approximate surface area is 183 Å². The van der Waals surface area contributed by atoms with E-state index in [0.29, 0.717) is 31.7 Å². The van der Waals surface area contributed by atoms with Gasteiger partial charge < -0.3 is 10.1 Å². The van der Waals surface area contributed by atoms with Crippen molar-refractivity contribution in [3.05, 3.63) is 71.5 Å². The highest BCUT2D eigenvalue weighted by atomic mass is 32.2. The topological polar surface area (TPSA) is 75.7 Å². The summed E-state index contributed by atoms with van der Waals surface area (Å²) in [6, 6.07) is 14.9. The Bertz CT molecular complexity index is 945. The monoisotopic (exact) mass is 448 g/mol. The summed E-state index contributed by atoms with van der Waals surface area (Å²) in [5, 5.41) is 2.29. The second-order valence-corrected chi connectivity index (χ2v) is 9.72. The van der Waals surface area contributed by atoms with Crippen molar-refractivity contribution in [2.45, 2.75) is 25.0 Å². The second-order valence-electron chi connectivity index (χ2n) is 7.61. The number of carbonyl (C=O) groups excluding carboxylic acids is 1. The first kappa shape index (κ1) is 23.4. The van der Waals surface area contributed by atoms with Gasteiger partial charge in [-0.1, -0.05) is 42.5 Å². The quantitative estimate of drug-likeness (QED) is 0.597. The molecule has 0 radical (unpaired) electrons. The molecule has 0 aromatic heterocycles. The van der Waals surface area contributed by atoms with Crippen molar-refractivity contribution in [1.29, 1.82) is 0 Å². The van der Waals surface area contributed by atoms with Crippen molar-refractivity contribution in [2.24, 2.45) is 5.92 Å². The number of nitrogens with one attached hydrogen (secondary N) is 1. The van der Waals surface area contributed by atoms with Gasteiger partial charge in [0.1, 0.15) is 11.1 Å². The summed E-state index contributed by atoms with van der Waals surface area (Å²) in [7, 11) is -3.69. The van der Waals surface area contributed by atoms with Crippen molar-refractivity contribution in [3.63, 3.8) is 0 Å². The number of esters is 1. The van der Waals surface area contributed by atoms with Crippen LogP contribution in [0.2, 0.25) is 0 Å². The van der Waals surface area contributed by atoms with Crippen LogP contribution in [0.1, 0.15) is 29.7 Å². The fraction of sp³-hybridized carbons (Fsp3) is 0.435. The first-order valence-corrected chi connectivity index (χ1v) is 12.1. The molecular formula is C23H29FN2O4S. The van der Waals surface area contributed by atoms with E-state index in [1.165, 1.54) is 16.4 Å². The molecule has 0 bridgehead atoms. The lowest BCUT2D eigenvalue weighted by molar-refractivity contribution is -0.148. The lowest BCUT2D eigenvalue weighted by Crippen LogP contribution is -2.48. The van der Waals surface area contributed by atoms with Gasteiger partial charge in [0.2, 0.25) is 10.0 Å². The zero-order valence-corrected chi connectivity index (χ0v) is 18.5. The van der Waals surface area contributed by atoms with Crippen LogP contribution in [0.5, 0.6) is 0 Å². The maximum absolute atomic E-state index is 13.6. The third kappa shape index (κ3) is 6.12. The number of hydrogen-bond acceptors (Lipinski definition) is 5. The van der Waals surface area contributed by atoms with Gasteiger partial charge >= 0.3 is 5.97 Å². The van der Waals surface area contributed by atoms with E-state index >= 15 is 0 Å². The number of ether oxygens (including phenoxy) is 1. The van der Waals surface area contributed by atoms with E-state index < -0.39 is 27.2 Å². The van der Waals surface area contributed by atoms with Crippen LogP contribution in [0.25, 0.3) is 0 Å². The Morgan fingerprint density at radius 1 is 1.10 bits per heavy atom. The Morgan fingerprint density at radius 3 is 2.35 bits per heavy atom. The third-order valence-electron chi connectivity index (χ3n) is 5.48. The van der Waals surface area contributed by atoms with Gasteiger partial charge in [-0.05, 0) is 43.0 Å². The molecule has 1 aliphatic rings. The lowest BCUT2D eigenvalue weighted by Gasteiger charge is -2.32. The SMILES string of the molecule is CCOC(=O)C(Cc1ccc(F)cc1)CC(c1ccccc1)S(=O)(=O)N1CCNCC1. The molecule has 1 aliphatic heterocycles. The number of sulfonamides is 1. The van der Waals surface area contributed by atoms with E-state index in [-0.39, 0.29) is 25.3 Å². The summed E-state index contributed by atoms with van der Waals surface area (Å²) in [5.74, 6) is -1.48. The Hall–Kier alpha value is -2.29. The molecule has 2 unspecified atom stereocenters. The molecule has 1 heterocycles. The fourth-order valence-corrected chi connectivity index (χ4v) is 5.89. The molecule has 3 rings (SSSR count). The Kier molecular flexibility index (Phi) is 8.17. The highest BCUT2D eigenvalue weighted by Gasteiger charge is 2.37. The predicted octanol–water partition coefficient (Wildman–Crippen LogP) is 2.91. The first-order valence-electron chi connectivity index (χ1n) is 10.6. The molecule has 0 spiro atoms. The van der Waals surface area contributed by atoms with E-state index in [2.05, 4.69) is 5.32 Å². The Balaban J connectivity index is 1.93. The molecule has 6 nitrogen and oxygen atoms in total. The average Bonchev–Trinajstić information content (AvgIpc) is 2.79. The minimum absolute atomic E-state index is 0.0898. The zero-order chi connectivity index (χ0) is 22.3. The van der Waals surface area contributed by atoms with Crippen molar-refractivity contribution in [1.82, 2.24) is 9.62 Å². The molecule has 1 N–H and O–H groups in total. The average molecular weight is 449 g/mol. The van der Waals surface area contributed by atoms with Crippen LogP contribution in [-0.2, 0) is 26.0 Å². The van der Waals surface area contributed by atoms with Crippen LogP contribution in [-0.4, -0.2) is 51.5 Å². The maximum atomic E-state index is 13.6. The van der Waals surface area contributed by atoms with Crippen LogP contribution in [0.15, 0.2) is 54.6 Å². The van der Waals surface area contributed by atoms with Crippen LogP contribution < -0.4 is 5.32 Å². The van der Waals surface area contributed by atoms with Crippen molar-refractivity contribution >= 4 is 16.0 Å². The molecule has 1 fully saturated rings. The van der Waals surface area contributed by atoms with Crippen molar-refractivity contribution in [3.8, 4) is 0 Å². The summed E-state index contributed by atoms with van der Waals surface area (Å²) in [6.45, 7) is 3.91. The predicted molar refractivity (Wildman–Crippen MR) is 117 cm³/mol. The first-order chi connectivity index (χ1) is 14.9. The summed E-state index contributed by atoms with van der Waals surface area (Å²) in [4.78, 5) is 12.8. The molecule has 8 heteroatoms. The molecule has 2 aromatic rings. The standard InChI is InChI=1S/C23H29FN2O4S/c1-2-30-23(27)20(16-18-8-10-21(24)11-9-18)17-22(19-6-4-3-5-7-19)31(28,29)26-14-12-25-13-15-26/h3-11,20,22,25H,2,12-17H2,1H3. The highest BCUT2D eigenvalue weighted by molar-refractivity contribution is 7.89. The van der Waals surface area contributed by atoms with Crippen LogP contribution in [0.4, 0.5) is 4.39 Å². The number of hydrogen-bond donors (Lipinski definition) is 1. The largest absolute Gasteiger partial charge is 0.466 e. The van der Waals surface area contributed by atoms with Gasteiger partial charge in [-0.3, -0.25) is 4.79 Å². The number of carbonyl (C=O) groups is 1. The van der Waals surface area contributed by atoms with Crippen LogP contribution in [0.3, 0.4) is 0 Å². The van der Waals surface area contributed by atoms with E-state index in [0.717, 1.165) is 5.56 Å². The molecule has 2 aromatic carbocycles. The Morgan fingerprint density at radius 2 is 1.74 bits per heavy atom. The number of halogens is 1. The van der Waals surface area contributed by atoms with E-state index in [1.807, 2.05) is 6.07 Å². The van der Waals surface area contributed by atoms with Gasteiger partial charge in [-0.25, -0.2) is 12.8 Å². The van der Waals surface area contributed by atoms with Crippen molar-refractivity contribution in [2.75, 3.05) is 32.8 Å². The fourth-order valence-electron chi connectivity index (χ4n) is 3.86. The van der Waals surface area contributed by atoms with E-state index in [4.69, 9.17) is 4.74 Å². The third-order valence-corrected chi connectivity index (χ3v) is 7.75. The molecule has 0 amide bonds. The van der Waals surface area contributed by atoms with E-state index in [1.54, 1.807) is 43.3 Å². The van der Waals surface area contributed by atoms with Gasteiger partial charge in [0.15, 0.2) is 0 Å². The summed E-state index contributed by atoms with van der Waals surface area (Å²) in [5.41, 5.74) is 1.40. The lowest BCUT2D eigenvalue weighted by atomic mass is 9.92. The summed E-state index contributed by atoms with van der Waals surface area (Å²) >= 11 is 0. The zero-order valence-electron chi connectivity index (χ0n) is 17.7. The minimum Gasteiger partial charge on any atom is -0.466 e. The number of piperazine rings is 1. The molecule has 31 heavy (non-hydrogen) atoms. The number of rotatable bonds is 9. The molecule has 0 aliphatic carbocycles. The molecular weight excluding hydrogens is 419 g/mol. The van der Waals surface area contributed by atoms with Crippen molar-refractivity contribution < 1.29 is 22.3 Å². The normalized spacial score (nSPS) is 17.1. The van der Waals surface area contributed by atoms with E-state index in [9.17, 15) is 17.6 Å². The molecule has 2 atom stereocenters. The minimum atomic E-state index is -3.69. The molecule has 1 saturated heterocycles. The van der Waals surface area contributed by atoms with Gasteiger partial charge in [-0.15, -0.1) is 0 Å². The van der Waals surface area contributed by atoms with Gasteiger partial charge in [-0.2, -0.15) is 4.31 Å². The van der Waals surface area contributed by atoms with Gasteiger partial charge in [0, 0.05) is 26.2 Å². The highest BCUT2D eigenvalue weighted by Crippen LogP contribution is 2.34. The van der Waals surface area contributed by atoms with Crippen LogP contribution in [0, 0.1) is 11.7 Å². The smallest absolute Gasteiger partial charge is 0.309 e. The second kappa shape index (κ2) is 10.8. The van der Waals surface area contributed by atoms with Crippen LogP contribution >= 0.6 is 0 Å². The molecule has 168 valence electrons. The summed E-state index contributed by atoms with van der Waals surface area (Å²) < 4.78 is 47.3. The van der Waals surface area contributed by atoms with Gasteiger partial charge in [0.05, 0.1) is 12.5 Å². The van der Waals surface area contributed by atoms with Gasteiger partial charge in [0.25, 0.3) is 0 Å². The number of nitrogens with zero attached hydrogens (tertiary/aromatic N) is 1. The number of benzene rings is 2. The maximum Gasteiger partial charge on any atom is 0.309 e. The molecule has 0 saturated carbocycles.